The second kappa shape index (κ2) is 13.2. The molecule has 0 spiro atoms. The number of aliphatic carboxylic acids is 1. The van der Waals surface area contributed by atoms with E-state index in [1.165, 1.54) is 25.7 Å². The maximum absolute atomic E-state index is 10.3. The van der Waals surface area contributed by atoms with Crippen LogP contribution in [0.2, 0.25) is 0 Å². The monoisotopic (exact) mass is 241 g/mol. The highest BCUT2D eigenvalue weighted by Crippen LogP contribution is 2.06. The predicted octanol–water partition coefficient (Wildman–Crippen LogP) is 3.36. The molecule has 0 radical (unpaired) electrons. The molecule has 0 bridgehead atoms. The largest absolute Gasteiger partial charge is 0.481 e. The Labute approximate surface area is 105 Å². The quantitative estimate of drug-likeness (QED) is 0.407. The van der Waals surface area contributed by atoms with E-state index in [1.54, 1.807) is 0 Å². The lowest BCUT2D eigenvalue weighted by Gasteiger charge is -1.97. The van der Waals surface area contributed by atoms with Crippen molar-refractivity contribution in [1.82, 2.24) is 5.32 Å². The number of hydrogen-bond acceptors (Lipinski definition) is 2. The molecule has 0 atom stereocenters. The van der Waals surface area contributed by atoms with Crippen LogP contribution < -0.4 is 5.32 Å². The maximum atomic E-state index is 10.3. The molecule has 0 amide bonds. The number of unbranched alkanes of at least 4 members (excludes halogenated alkanes) is 6. The summed E-state index contributed by atoms with van der Waals surface area (Å²) < 4.78 is 0. The average molecular weight is 241 g/mol. The molecule has 0 aliphatic rings. The van der Waals surface area contributed by atoms with Crippen LogP contribution in [0.15, 0.2) is 12.2 Å². The summed E-state index contributed by atoms with van der Waals surface area (Å²) in [6, 6.07) is 0. The minimum absolute atomic E-state index is 0.321. The van der Waals surface area contributed by atoms with Gasteiger partial charge in [0.2, 0.25) is 0 Å². The van der Waals surface area contributed by atoms with Gasteiger partial charge < -0.3 is 10.4 Å². The summed E-state index contributed by atoms with van der Waals surface area (Å²) in [7, 11) is 1.99. The molecule has 0 unspecified atom stereocenters. The van der Waals surface area contributed by atoms with Crippen molar-refractivity contribution in [2.75, 3.05) is 13.6 Å². The summed E-state index contributed by atoms with van der Waals surface area (Å²) in [6.45, 7) is 1.11. The summed E-state index contributed by atoms with van der Waals surface area (Å²) in [6.07, 6.45) is 13.9. The standard InChI is InChI=1S/C14H27NO2/c1-15-13-11-9-7-5-3-2-4-6-8-10-12-14(16)17/h3,5,15H,2,4,6-13H2,1H3,(H,16,17)/b5-3-. The van der Waals surface area contributed by atoms with E-state index < -0.39 is 5.97 Å². The Morgan fingerprint density at radius 2 is 1.59 bits per heavy atom. The van der Waals surface area contributed by atoms with E-state index in [9.17, 15) is 4.79 Å². The summed E-state index contributed by atoms with van der Waals surface area (Å²) >= 11 is 0. The minimum Gasteiger partial charge on any atom is -0.481 e. The van der Waals surface area contributed by atoms with Crippen molar-refractivity contribution in [1.29, 1.82) is 0 Å². The van der Waals surface area contributed by atoms with Gasteiger partial charge in [-0.1, -0.05) is 25.0 Å². The zero-order valence-corrected chi connectivity index (χ0v) is 11.1. The van der Waals surface area contributed by atoms with Gasteiger partial charge in [0, 0.05) is 6.42 Å². The molecular formula is C14H27NO2. The van der Waals surface area contributed by atoms with Gasteiger partial charge in [-0.25, -0.2) is 0 Å². The number of rotatable bonds is 12. The van der Waals surface area contributed by atoms with E-state index in [4.69, 9.17) is 5.11 Å². The second-order valence-corrected chi connectivity index (χ2v) is 4.42. The van der Waals surface area contributed by atoms with E-state index >= 15 is 0 Å². The van der Waals surface area contributed by atoms with Gasteiger partial charge in [-0.2, -0.15) is 0 Å². The third-order valence-corrected chi connectivity index (χ3v) is 2.73. The van der Waals surface area contributed by atoms with Gasteiger partial charge in [0.25, 0.3) is 0 Å². The topological polar surface area (TPSA) is 49.3 Å². The van der Waals surface area contributed by atoms with E-state index in [1.807, 2.05) is 7.05 Å². The molecule has 0 aromatic heterocycles. The first-order valence-electron chi connectivity index (χ1n) is 6.78. The predicted molar refractivity (Wildman–Crippen MR) is 72.3 cm³/mol. The van der Waals surface area contributed by atoms with Gasteiger partial charge >= 0.3 is 5.97 Å². The van der Waals surface area contributed by atoms with Crippen molar-refractivity contribution >= 4 is 5.97 Å². The van der Waals surface area contributed by atoms with Crippen LogP contribution in [-0.4, -0.2) is 24.7 Å². The number of carbonyl (C=O) groups is 1. The summed E-state index contributed by atoms with van der Waals surface area (Å²) in [4.78, 5) is 10.3. The van der Waals surface area contributed by atoms with Crippen LogP contribution in [0.3, 0.4) is 0 Å². The van der Waals surface area contributed by atoms with Gasteiger partial charge in [-0.05, 0) is 52.1 Å². The molecule has 0 aliphatic heterocycles. The van der Waals surface area contributed by atoms with E-state index in [0.717, 1.165) is 32.2 Å². The number of carboxylic acid groups (broad SMARTS) is 1. The first-order chi connectivity index (χ1) is 8.27. The Balaban J connectivity index is 3.06. The molecule has 100 valence electrons. The third kappa shape index (κ3) is 15.2. The van der Waals surface area contributed by atoms with Crippen molar-refractivity contribution in [3.63, 3.8) is 0 Å². The Morgan fingerprint density at radius 3 is 2.18 bits per heavy atom. The van der Waals surface area contributed by atoms with E-state index in [-0.39, 0.29) is 0 Å². The van der Waals surface area contributed by atoms with E-state index in [2.05, 4.69) is 17.5 Å². The van der Waals surface area contributed by atoms with Crippen LogP contribution in [0.25, 0.3) is 0 Å². The highest BCUT2D eigenvalue weighted by Gasteiger charge is 1.95. The van der Waals surface area contributed by atoms with Crippen LogP contribution in [0.5, 0.6) is 0 Å². The molecule has 0 fully saturated rings. The van der Waals surface area contributed by atoms with Crippen molar-refractivity contribution < 1.29 is 9.90 Å². The van der Waals surface area contributed by atoms with Crippen molar-refractivity contribution in [3.05, 3.63) is 12.2 Å². The molecular weight excluding hydrogens is 214 g/mol. The number of nitrogens with one attached hydrogen (secondary N) is 1. The Hall–Kier alpha value is -0.830. The molecule has 3 nitrogen and oxygen atoms in total. The van der Waals surface area contributed by atoms with Gasteiger partial charge in [0.05, 0.1) is 0 Å². The van der Waals surface area contributed by atoms with Crippen LogP contribution in [0, 0.1) is 0 Å². The molecule has 3 heteroatoms. The molecule has 0 aromatic carbocycles. The molecule has 2 N–H and O–H groups in total. The van der Waals surface area contributed by atoms with Crippen LogP contribution >= 0.6 is 0 Å². The molecule has 0 aromatic rings. The van der Waals surface area contributed by atoms with Crippen LogP contribution in [0.1, 0.15) is 57.8 Å². The number of carboxylic acids is 1. The zero-order chi connectivity index (χ0) is 12.8. The molecule has 0 saturated carbocycles. The molecule has 0 saturated heterocycles. The van der Waals surface area contributed by atoms with Crippen LogP contribution in [-0.2, 0) is 4.79 Å². The average Bonchev–Trinajstić information content (AvgIpc) is 2.30. The Kier molecular flexibility index (Phi) is 12.6. The fourth-order valence-electron chi connectivity index (χ4n) is 1.69. The molecule has 0 rings (SSSR count). The van der Waals surface area contributed by atoms with Gasteiger partial charge in [-0.15, -0.1) is 0 Å². The SMILES string of the molecule is CNCCCC/C=C\CCCCCCC(=O)O. The highest BCUT2D eigenvalue weighted by molar-refractivity contribution is 5.66. The lowest BCUT2D eigenvalue weighted by atomic mass is 10.1. The molecule has 0 aliphatic carbocycles. The number of allylic oxidation sites excluding steroid dienone is 2. The maximum Gasteiger partial charge on any atom is 0.303 e. The van der Waals surface area contributed by atoms with Crippen molar-refractivity contribution in [2.24, 2.45) is 0 Å². The minimum atomic E-state index is -0.675. The highest BCUT2D eigenvalue weighted by atomic mass is 16.4. The normalized spacial score (nSPS) is 11.1. The van der Waals surface area contributed by atoms with Gasteiger partial charge in [0.1, 0.15) is 0 Å². The zero-order valence-electron chi connectivity index (χ0n) is 11.1. The summed E-state index contributed by atoms with van der Waals surface area (Å²) in [5.74, 6) is -0.675. The third-order valence-electron chi connectivity index (χ3n) is 2.73. The smallest absolute Gasteiger partial charge is 0.303 e. The van der Waals surface area contributed by atoms with E-state index in [0.29, 0.717) is 6.42 Å². The summed E-state index contributed by atoms with van der Waals surface area (Å²) in [5, 5.41) is 11.6. The van der Waals surface area contributed by atoms with Crippen molar-refractivity contribution in [3.8, 4) is 0 Å². The van der Waals surface area contributed by atoms with Gasteiger partial charge in [-0.3, -0.25) is 4.79 Å². The number of hydrogen-bond donors (Lipinski definition) is 2. The summed E-state index contributed by atoms with van der Waals surface area (Å²) in [5.41, 5.74) is 0. The first-order valence-corrected chi connectivity index (χ1v) is 6.78. The Bertz CT molecular complexity index is 202. The fourth-order valence-corrected chi connectivity index (χ4v) is 1.69. The fraction of sp³-hybridized carbons (Fsp3) is 0.786. The lowest BCUT2D eigenvalue weighted by Crippen LogP contribution is -2.06. The second-order valence-electron chi connectivity index (χ2n) is 4.42. The lowest BCUT2D eigenvalue weighted by molar-refractivity contribution is -0.137. The van der Waals surface area contributed by atoms with Crippen molar-refractivity contribution in [2.45, 2.75) is 57.8 Å². The Morgan fingerprint density at radius 1 is 1.00 bits per heavy atom. The van der Waals surface area contributed by atoms with Crippen LogP contribution in [0.4, 0.5) is 0 Å². The molecule has 0 heterocycles. The van der Waals surface area contributed by atoms with Gasteiger partial charge in [0.15, 0.2) is 0 Å². The first kappa shape index (κ1) is 16.2. The molecule has 17 heavy (non-hydrogen) atoms.